The van der Waals surface area contributed by atoms with Gasteiger partial charge in [-0.1, -0.05) is 23.4 Å². The summed E-state index contributed by atoms with van der Waals surface area (Å²) in [5.41, 5.74) is 3.84. The quantitative estimate of drug-likeness (QED) is 0.491. The van der Waals surface area contributed by atoms with Crippen LogP contribution in [0.1, 0.15) is 0 Å². The Bertz CT molecular complexity index is 1200. The summed E-state index contributed by atoms with van der Waals surface area (Å²) in [7, 11) is 0. The second-order valence-electron chi connectivity index (χ2n) is 5.90. The van der Waals surface area contributed by atoms with E-state index in [2.05, 4.69) is 33.3 Å². The summed E-state index contributed by atoms with van der Waals surface area (Å²) in [5.74, 6) is 1.16. The number of hydrogen-bond donors (Lipinski definition) is 2. The predicted octanol–water partition coefficient (Wildman–Crippen LogP) is 4.74. The van der Waals surface area contributed by atoms with Crippen molar-refractivity contribution in [3.8, 4) is 28.6 Å². The van der Waals surface area contributed by atoms with Gasteiger partial charge in [0.1, 0.15) is 5.75 Å². The van der Waals surface area contributed by atoms with E-state index in [1.54, 1.807) is 24.3 Å². The zero-order chi connectivity index (χ0) is 16.8. The first-order valence-electron chi connectivity index (χ1n) is 7.92. The molecule has 0 bridgehead atoms. The van der Waals surface area contributed by atoms with E-state index in [0.717, 1.165) is 27.5 Å². The monoisotopic (exact) mass is 327 g/mol. The van der Waals surface area contributed by atoms with Crippen molar-refractivity contribution in [3.05, 3.63) is 66.7 Å². The van der Waals surface area contributed by atoms with Crippen LogP contribution < -0.4 is 0 Å². The molecule has 0 saturated heterocycles. The SMILES string of the molecule is Oc1ccc(-c2nc(-c3ccc4[nH]c5ccccc5c4c3)no2)cc1. The van der Waals surface area contributed by atoms with Gasteiger partial charge in [0, 0.05) is 32.9 Å². The molecule has 120 valence electrons. The van der Waals surface area contributed by atoms with Gasteiger partial charge in [-0.2, -0.15) is 4.98 Å². The third kappa shape index (κ3) is 2.25. The van der Waals surface area contributed by atoms with Gasteiger partial charge < -0.3 is 14.6 Å². The van der Waals surface area contributed by atoms with E-state index in [4.69, 9.17) is 4.52 Å². The molecule has 0 spiro atoms. The normalized spacial score (nSPS) is 11.4. The van der Waals surface area contributed by atoms with Crippen LogP contribution in [0.3, 0.4) is 0 Å². The Hall–Kier alpha value is -3.60. The number of hydrogen-bond acceptors (Lipinski definition) is 4. The smallest absolute Gasteiger partial charge is 0.258 e. The average Bonchev–Trinajstić information content (AvgIpc) is 3.26. The third-order valence-corrected chi connectivity index (χ3v) is 4.30. The fraction of sp³-hybridized carbons (Fsp3) is 0. The fourth-order valence-corrected chi connectivity index (χ4v) is 3.05. The zero-order valence-corrected chi connectivity index (χ0v) is 13.1. The van der Waals surface area contributed by atoms with Crippen molar-refractivity contribution >= 4 is 21.8 Å². The topological polar surface area (TPSA) is 74.9 Å². The number of nitrogens with one attached hydrogen (secondary N) is 1. The minimum atomic E-state index is 0.202. The molecule has 5 nitrogen and oxygen atoms in total. The summed E-state index contributed by atoms with van der Waals surface area (Å²) in [5, 5.41) is 15.8. The number of nitrogens with zero attached hydrogens (tertiary/aromatic N) is 2. The summed E-state index contributed by atoms with van der Waals surface area (Å²) >= 11 is 0. The molecule has 0 radical (unpaired) electrons. The van der Waals surface area contributed by atoms with E-state index < -0.39 is 0 Å². The maximum absolute atomic E-state index is 9.38. The van der Waals surface area contributed by atoms with Crippen molar-refractivity contribution in [1.29, 1.82) is 0 Å². The number of fused-ring (bicyclic) bond motifs is 3. The molecule has 0 aliphatic rings. The van der Waals surface area contributed by atoms with E-state index >= 15 is 0 Å². The maximum atomic E-state index is 9.38. The largest absolute Gasteiger partial charge is 0.508 e. The Labute approximate surface area is 142 Å². The van der Waals surface area contributed by atoms with Crippen LogP contribution in [0.15, 0.2) is 71.3 Å². The number of aromatic amines is 1. The van der Waals surface area contributed by atoms with Crippen molar-refractivity contribution < 1.29 is 9.63 Å². The summed E-state index contributed by atoms with van der Waals surface area (Å²) in [6.07, 6.45) is 0. The molecule has 0 saturated carbocycles. The molecule has 0 unspecified atom stereocenters. The van der Waals surface area contributed by atoms with Gasteiger partial charge >= 0.3 is 0 Å². The van der Waals surface area contributed by atoms with Gasteiger partial charge in [0.15, 0.2) is 0 Å². The Morgan fingerprint density at radius 2 is 1.56 bits per heavy atom. The highest BCUT2D eigenvalue weighted by Crippen LogP contribution is 2.30. The zero-order valence-electron chi connectivity index (χ0n) is 13.1. The van der Waals surface area contributed by atoms with Crippen molar-refractivity contribution in [2.24, 2.45) is 0 Å². The Kier molecular flexibility index (Phi) is 2.87. The third-order valence-electron chi connectivity index (χ3n) is 4.30. The number of phenolic OH excluding ortho intramolecular Hbond substituents is 1. The molecular formula is C20H13N3O2. The second-order valence-corrected chi connectivity index (χ2v) is 5.90. The summed E-state index contributed by atoms with van der Waals surface area (Å²) in [4.78, 5) is 7.89. The molecule has 3 aromatic carbocycles. The number of para-hydroxylation sites is 1. The molecule has 25 heavy (non-hydrogen) atoms. The van der Waals surface area contributed by atoms with Crippen LogP contribution in [-0.2, 0) is 0 Å². The molecule has 0 atom stereocenters. The molecule has 0 amide bonds. The standard InChI is InChI=1S/C20H13N3O2/c24-14-8-5-12(6-9-14)20-22-19(23-25-20)13-7-10-18-16(11-13)15-3-1-2-4-17(15)21-18/h1-11,21,24H. The van der Waals surface area contributed by atoms with Crippen LogP contribution >= 0.6 is 0 Å². The molecule has 2 aromatic heterocycles. The van der Waals surface area contributed by atoms with Gasteiger partial charge in [-0.3, -0.25) is 0 Å². The van der Waals surface area contributed by atoms with Crippen LogP contribution in [0.25, 0.3) is 44.6 Å². The molecular weight excluding hydrogens is 314 g/mol. The van der Waals surface area contributed by atoms with Crippen LogP contribution in [-0.4, -0.2) is 20.2 Å². The lowest BCUT2D eigenvalue weighted by Gasteiger charge is -1.96. The molecule has 5 heteroatoms. The van der Waals surface area contributed by atoms with Crippen LogP contribution in [0.5, 0.6) is 5.75 Å². The number of aromatic nitrogens is 3. The molecule has 2 N–H and O–H groups in total. The summed E-state index contributed by atoms with van der Waals surface area (Å²) in [6.45, 7) is 0. The van der Waals surface area contributed by atoms with Crippen molar-refractivity contribution in [3.63, 3.8) is 0 Å². The number of H-pyrrole nitrogens is 1. The van der Waals surface area contributed by atoms with E-state index in [1.165, 1.54) is 5.39 Å². The lowest BCUT2D eigenvalue weighted by molar-refractivity contribution is 0.432. The van der Waals surface area contributed by atoms with Gasteiger partial charge in [0.25, 0.3) is 5.89 Å². The summed E-state index contributed by atoms with van der Waals surface area (Å²) < 4.78 is 5.38. The van der Waals surface area contributed by atoms with Crippen molar-refractivity contribution in [2.45, 2.75) is 0 Å². The van der Waals surface area contributed by atoms with E-state index in [0.29, 0.717) is 11.7 Å². The lowest BCUT2D eigenvalue weighted by Crippen LogP contribution is -1.81. The highest BCUT2D eigenvalue weighted by atomic mass is 16.5. The molecule has 0 fully saturated rings. The van der Waals surface area contributed by atoms with Crippen LogP contribution in [0.2, 0.25) is 0 Å². The average molecular weight is 327 g/mol. The first-order valence-corrected chi connectivity index (χ1v) is 7.92. The number of benzene rings is 3. The van der Waals surface area contributed by atoms with Crippen molar-refractivity contribution in [1.82, 2.24) is 15.1 Å². The fourth-order valence-electron chi connectivity index (χ4n) is 3.05. The van der Waals surface area contributed by atoms with Gasteiger partial charge in [0.05, 0.1) is 0 Å². The predicted molar refractivity (Wildman–Crippen MR) is 96.2 cm³/mol. The lowest BCUT2D eigenvalue weighted by atomic mass is 10.1. The van der Waals surface area contributed by atoms with E-state index in [1.807, 2.05) is 24.3 Å². The van der Waals surface area contributed by atoms with Gasteiger partial charge in [-0.15, -0.1) is 0 Å². The van der Waals surface area contributed by atoms with E-state index in [-0.39, 0.29) is 5.75 Å². The molecule has 5 aromatic rings. The first-order chi connectivity index (χ1) is 12.3. The second kappa shape index (κ2) is 5.21. The Morgan fingerprint density at radius 3 is 2.44 bits per heavy atom. The number of aromatic hydroxyl groups is 1. The molecule has 0 aliphatic carbocycles. The molecule has 5 rings (SSSR count). The highest BCUT2D eigenvalue weighted by Gasteiger charge is 2.12. The summed E-state index contributed by atoms with van der Waals surface area (Å²) in [6, 6.07) is 21.0. The van der Waals surface area contributed by atoms with Gasteiger partial charge in [0.2, 0.25) is 5.82 Å². The van der Waals surface area contributed by atoms with Crippen molar-refractivity contribution in [2.75, 3.05) is 0 Å². The minimum Gasteiger partial charge on any atom is -0.508 e. The maximum Gasteiger partial charge on any atom is 0.258 e. The van der Waals surface area contributed by atoms with Crippen LogP contribution in [0, 0.1) is 0 Å². The Balaban J connectivity index is 1.61. The Morgan fingerprint density at radius 1 is 0.800 bits per heavy atom. The van der Waals surface area contributed by atoms with Gasteiger partial charge in [-0.05, 0) is 48.5 Å². The number of phenols is 1. The highest BCUT2D eigenvalue weighted by molar-refractivity contribution is 6.08. The minimum absolute atomic E-state index is 0.202. The number of rotatable bonds is 2. The molecule has 0 aliphatic heterocycles. The van der Waals surface area contributed by atoms with E-state index in [9.17, 15) is 5.11 Å². The molecule has 2 heterocycles. The van der Waals surface area contributed by atoms with Gasteiger partial charge in [-0.25, -0.2) is 0 Å². The first kappa shape index (κ1) is 13.8. The van der Waals surface area contributed by atoms with Crippen LogP contribution in [0.4, 0.5) is 0 Å².